The van der Waals surface area contributed by atoms with Crippen molar-refractivity contribution in [3.05, 3.63) is 94.6 Å². The van der Waals surface area contributed by atoms with Gasteiger partial charge in [-0.3, -0.25) is 24.0 Å². The Bertz CT molecular complexity index is 1220. The molecule has 0 spiro atoms. The number of nitrogens with one attached hydrogen (secondary N) is 1. The molecule has 0 bridgehead atoms. The van der Waals surface area contributed by atoms with Crippen LogP contribution in [0.1, 0.15) is 13.8 Å². The van der Waals surface area contributed by atoms with Crippen molar-refractivity contribution in [3.8, 4) is 0 Å². The first kappa shape index (κ1) is 30.3. The monoisotopic (exact) mass is 518 g/mol. The van der Waals surface area contributed by atoms with Gasteiger partial charge >= 0.3 is 0 Å². The number of piperazine rings is 1. The quantitative estimate of drug-likeness (QED) is 0.275. The molecule has 1 amide bonds. The molecule has 2 heterocycles. The summed E-state index contributed by atoms with van der Waals surface area (Å²) in [7, 11) is 6.97. The summed E-state index contributed by atoms with van der Waals surface area (Å²) in [6.45, 7) is 16.7. The zero-order chi connectivity index (χ0) is 28.2. The van der Waals surface area contributed by atoms with Crippen LogP contribution in [-0.4, -0.2) is 92.3 Å². The van der Waals surface area contributed by atoms with Gasteiger partial charge in [-0.2, -0.15) is 0 Å². The van der Waals surface area contributed by atoms with Gasteiger partial charge in [0.25, 0.3) is 11.5 Å². The zero-order valence-electron chi connectivity index (χ0n) is 23.7. The van der Waals surface area contributed by atoms with Crippen LogP contribution in [0, 0.1) is 0 Å². The summed E-state index contributed by atoms with van der Waals surface area (Å²) >= 11 is 0. The molecular formula is C30H42N6O2. The lowest BCUT2D eigenvalue weighted by Crippen LogP contribution is -2.45. The number of likely N-dealkylation sites (N-methyl/N-ethyl adjacent to an activating group) is 1. The van der Waals surface area contributed by atoms with E-state index in [0.29, 0.717) is 11.3 Å². The zero-order valence-corrected chi connectivity index (χ0v) is 23.7. The summed E-state index contributed by atoms with van der Waals surface area (Å²) in [6, 6.07) is 3.41. The third-order valence-corrected chi connectivity index (χ3v) is 6.27. The Hall–Kier alpha value is -3.91. The summed E-state index contributed by atoms with van der Waals surface area (Å²) in [4.78, 5) is 35.2. The molecule has 2 rings (SSSR count). The van der Waals surface area contributed by atoms with Crippen molar-refractivity contribution in [2.45, 2.75) is 13.8 Å². The summed E-state index contributed by atoms with van der Waals surface area (Å²) in [6.07, 6.45) is 12.8. The van der Waals surface area contributed by atoms with Crippen LogP contribution in [-0.2, 0) is 4.79 Å². The fourth-order valence-electron chi connectivity index (χ4n) is 4.12. The van der Waals surface area contributed by atoms with Crippen LogP contribution in [0.4, 0.5) is 5.69 Å². The molecule has 1 N–H and O–H groups in total. The molecule has 1 aliphatic heterocycles. The van der Waals surface area contributed by atoms with Crippen molar-refractivity contribution in [1.29, 1.82) is 0 Å². The SMILES string of the molecule is C=C(/C=C(\C)CN1CCN(C(=C)/C=C\C(=C/C)C(=O)N(C)C)CC1)/C(=C\C=NC)n1ccc(NC)cc1=O. The number of nitrogens with zero attached hydrogens (tertiary/aromatic N) is 5. The van der Waals surface area contributed by atoms with E-state index < -0.39 is 0 Å². The van der Waals surface area contributed by atoms with Gasteiger partial charge in [-0.05, 0) is 43.7 Å². The molecule has 1 aliphatic rings. The molecule has 1 saturated heterocycles. The number of hydrogen-bond donors (Lipinski definition) is 1. The second kappa shape index (κ2) is 14.7. The number of pyridine rings is 1. The van der Waals surface area contributed by atoms with Crippen molar-refractivity contribution in [1.82, 2.24) is 19.3 Å². The van der Waals surface area contributed by atoms with Crippen molar-refractivity contribution >= 4 is 23.5 Å². The third kappa shape index (κ3) is 8.59. The number of anilines is 1. The average molecular weight is 519 g/mol. The first-order valence-corrected chi connectivity index (χ1v) is 12.7. The molecular weight excluding hydrogens is 476 g/mol. The van der Waals surface area contributed by atoms with Crippen LogP contribution >= 0.6 is 0 Å². The fraction of sp³-hybridized carbons (Fsp3) is 0.367. The number of carbonyl (C=O) groups excluding carboxylic acids is 1. The number of allylic oxidation sites excluding steroid dienone is 6. The van der Waals surface area contributed by atoms with Gasteiger partial charge in [0.05, 0.1) is 5.70 Å². The lowest BCUT2D eigenvalue weighted by atomic mass is 10.1. The molecule has 38 heavy (non-hydrogen) atoms. The van der Waals surface area contributed by atoms with E-state index >= 15 is 0 Å². The topological polar surface area (TPSA) is 73.2 Å². The number of hydrogen-bond acceptors (Lipinski definition) is 6. The van der Waals surface area contributed by atoms with Gasteiger partial charge in [0.2, 0.25) is 0 Å². The van der Waals surface area contributed by atoms with Crippen molar-refractivity contribution < 1.29 is 4.79 Å². The van der Waals surface area contributed by atoms with E-state index in [-0.39, 0.29) is 11.5 Å². The second-order valence-electron chi connectivity index (χ2n) is 9.38. The van der Waals surface area contributed by atoms with E-state index in [4.69, 9.17) is 0 Å². The normalized spacial score (nSPS) is 15.8. The molecule has 1 fully saturated rings. The minimum atomic E-state index is -0.141. The highest BCUT2D eigenvalue weighted by Gasteiger charge is 2.18. The third-order valence-electron chi connectivity index (χ3n) is 6.27. The standard InChI is InChI=1S/C30H42N6O2/c1-9-26(30(38)33(7)8)11-10-25(4)35-18-16-34(17-19-35)22-23(2)20-24(3)28(12-14-31-5)36-15-13-27(32-6)21-29(36)37/h9-15,20-21,32H,3-4,16-19,22H2,1-2,5-8H3/b11-10-,23-20+,26-9+,28-12+,31-14?. The minimum absolute atomic E-state index is 0.0231. The van der Waals surface area contributed by atoms with E-state index in [0.717, 1.165) is 55.3 Å². The fourth-order valence-corrected chi connectivity index (χ4v) is 4.12. The van der Waals surface area contributed by atoms with E-state index in [2.05, 4.69) is 40.2 Å². The second-order valence-corrected chi connectivity index (χ2v) is 9.38. The first-order valence-electron chi connectivity index (χ1n) is 12.7. The molecule has 204 valence electrons. The highest BCUT2D eigenvalue weighted by molar-refractivity contribution is 5.95. The Balaban J connectivity index is 2.02. The molecule has 1 aromatic rings. The van der Waals surface area contributed by atoms with Gasteiger partial charge in [-0.25, -0.2) is 0 Å². The number of aromatic nitrogens is 1. The highest BCUT2D eigenvalue weighted by Crippen LogP contribution is 2.18. The van der Waals surface area contributed by atoms with E-state index in [1.54, 1.807) is 62.2 Å². The van der Waals surface area contributed by atoms with Crippen molar-refractivity contribution in [3.63, 3.8) is 0 Å². The largest absolute Gasteiger partial charge is 0.388 e. The molecule has 0 aliphatic carbocycles. The molecule has 8 heteroatoms. The molecule has 8 nitrogen and oxygen atoms in total. The maximum atomic E-state index is 12.7. The summed E-state index contributed by atoms with van der Waals surface area (Å²) < 4.78 is 1.58. The molecule has 0 aromatic carbocycles. The lowest BCUT2D eigenvalue weighted by Gasteiger charge is -2.36. The van der Waals surface area contributed by atoms with Crippen LogP contribution < -0.4 is 10.9 Å². The van der Waals surface area contributed by atoms with E-state index in [1.807, 2.05) is 37.3 Å². The Kier molecular flexibility index (Phi) is 11.8. The first-order chi connectivity index (χ1) is 18.1. The molecule has 0 radical (unpaired) electrons. The maximum absolute atomic E-state index is 12.7. The predicted octanol–water partition coefficient (Wildman–Crippen LogP) is 3.66. The average Bonchev–Trinajstić information content (AvgIpc) is 2.89. The van der Waals surface area contributed by atoms with Crippen LogP contribution in [0.2, 0.25) is 0 Å². The number of amides is 1. The Morgan fingerprint density at radius 2 is 1.87 bits per heavy atom. The summed E-state index contributed by atoms with van der Waals surface area (Å²) in [5.74, 6) is -0.0231. The Morgan fingerprint density at radius 3 is 2.42 bits per heavy atom. The lowest BCUT2D eigenvalue weighted by molar-refractivity contribution is -0.124. The molecule has 0 unspecified atom stereocenters. The van der Waals surface area contributed by atoms with Crippen LogP contribution in [0.5, 0.6) is 0 Å². The van der Waals surface area contributed by atoms with Gasteiger partial charge in [-0.15, -0.1) is 0 Å². The molecule has 0 saturated carbocycles. The Labute approximate surface area is 227 Å². The smallest absolute Gasteiger partial charge is 0.257 e. The van der Waals surface area contributed by atoms with Crippen LogP contribution in [0.15, 0.2) is 94.1 Å². The molecule has 1 aromatic heterocycles. The number of rotatable bonds is 11. The number of carbonyl (C=O) groups is 1. The van der Waals surface area contributed by atoms with Gasteiger partial charge in [0.15, 0.2) is 0 Å². The van der Waals surface area contributed by atoms with Gasteiger partial charge < -0.3 is 15.1 Å². The van der Waals surface area contributed by atoms with E-state index in [9.17, 15) is 9.59 Å². The van der Waals surface area contributed by atoms with Crippen LogP contribution in [0.25, 0.3) is 5.70 Å². The van der Waals surface area contributed by atoms with E-state index in [1.165, 1.54) is 0 Å². The highest BCUT2D eigenvalue weighted by atomic mass is 16.2. The van der Waals surface area contributed by atoms with Crippen molar-refractivity contribution in [2.24, 2.45) is 4.99 Å². The Morgan fingerprint density at radius 1 is 1.18 bits per heavy atom. The summed E-state index contributed by atoms with van der Waals surface area (Å²) in [5, 5.41) is 2.99. The van der Waals surface area contributed by atoms with Crippen LogP contribution in [0.3, 0.4) is 0 Å². The predicted molar refractivity (Wildman–Crippen MR) is 161 cm³/mol. The number of aliphatic imine (C=N–C) groups is 1. The maximum Gasteiger partial charge on any atom is 0.257 e. The van der Waals surface area contributed by atoms with Crippen molar-refractivity contribution in [2.75, 3.05) is 66.2 Å². The minimum Gasteiger partial charge on any atom is -0.388 e. The van der Waals surface area contributed by atoms with Gasteiger partial charge in [0.1, 0.15) is 0 Å². The van der Waals surface area contributed by atoms with Gasteiger partial charge in [-0.1, -0.05) is 30.9 Å². The van der Waals surface area contributed by atoms with Gasteiger partial charge in [0, 0.05) is 96.3 Å². The molecule has 0 atom stereocenters. The summed E-state index contributed by atoms with van der Waals surface area (Å²) in [5.41, 5.74) is 4.75.